The van der Waals surface area contributed by atoms with Gasteiger partial charge in [-0.1, -0.05) is 6.92 Å². The van der Waals surface area contributed by atoms with E-state index in [0.29, 0.717) is 24.0 Å². The molecule has 26 heavy (non-hydrogen) atoms. The Balaban J connectivity index is 1.67. The lowest BCUT2D eigenvalue weighted by Gasteiger charge is -2.30. The molecule has 0 spiro atoms. The summed E-state index contributed by atoms with van der Waals surface area (Å²) in [4.78, 5) is 10.9. The van der Waals surface area contributed by atoms with Crippen LogP contribution in [0.1, 0.15) is 26.7 Å². The van der Waals surface area contributed by atoms with Crippen LogP contribution in [0.4, 0.5) is 11.6 Å². The Morgan fingerprint density at radius 1 is 1.15 bits per heavy atom. The van der Waals surface area contributed by atoms with E-state index in [4.69, 9.17) is 4.74 Å². The van der Waals surface area contributed by atoms with Crippen LogP contribution in [-0.4, -0.2) is 38.1 Å². The second-order valence-corrected chi connectivity index (χ2v) is 8.13. The van der Waals surface area contributed by atoms with Crippen molar-refractivity contribution >= 4 is 21.7 Å². The molecule has 2 heterocycles. The Hall–Kier alpha value is -2.35. The quantitative estimate of drug-likeness (QED) is 0.834. The third kappa shape index (κ3) is 4.43. The van der Waals surface area contributed by atoms with Crippen LogP contribution in [0, 0.1) is 5.92 Å². The van der Waals surface area contributed by atoms with E-state index in [1.807, 2.05) is 6.92 Å². The fourth-order valence-electron chi connectivity index (χ4n) is 2.84. The molecule has 0 bridgehead atoms. The number of anilines is 2. The summed E-state index contributed by atoms with van der Waals surface area (Å²) >= 11 is 0. The van der Waals surface area contributed by atoms with Gasteiger partial charge >= 0.3 is 0 Å². The summed E-state index contributed by atoms with van der Waals surface area (Å²) in [5.41, 5.74) is 0.341. The van der Waals surface area contributed by atoms with Crippen LogP contribution >= 0.6 is 0 Å². The summed E-state index contributed by atoms with van der Waals surface area (Å²) in [6, 6.07) is 6.29. The SMILES string of the molecule is CCOc1ccc(S(=O)(=O)Nc2cnc(N3CCC(C)CC3)nc2)cc1. The van der Waals surface area contributed by atoms with E-state index in [2.05, 4.69) is 26.5 Å². The zero-order chi connectivity index (χ0) is 18.6. The van der Waals surface area contributed by atoms with Crippen LogP contribution < -0.4 is 14.4 Å². The van der Waals surface area contributed by atoms with Gasteiger partial charge in [-0.15, -0.1) is 0 Å². The molecule has 0 aliphatic carbocycles. The molecule has 8 heteroatoms. The van der Waals surface area contributed by atoms with Gasteiger partial charge in [-0.3, -0.25) is 4.72 Å². The van der Waals surface area contributed by atoms with E-state index in [1.165, 1.54) is 24.5 Å². The molecule has 0 unspecified atom stereocenters. The van der Waals surface area contributed by atoms with Crippen molar-refractivity contribution in [3.8, 4) is 5.75 Å². The van der Waals surface area contributed by atoms with Crippen molar-refractivity contribution in [2.24, 2.45) is 5.92 Å². The Morgan fingerprint density at radius 3 is 2.35 bits per heavy atom. The van der Waals surface area contributed by atoms with Crippen LogP contribution in [0.25, 0.3) is 0 Å². The van der Waals surface area contributed by atoms with Gasteiger partial charge < -0.3 is 9.64 Å². The van der Waals surface area contributed by atoms with Crippen molar-refractivity contribution in [3.05, 3.63) is 36.7 Å². The lowest BCUT2D eigenvalue weighted by Crippen LogP contribution is -2.34. The molecule has 1 aliphatic rings. The van der Waals surface area contributed by atoms with E-state index in [9.17, 15) is 8.42 Å². The monoisotopic (exact) mass is 376 g/mol. The maximum atomic E-state index is 12.5. The third-order valence-corrected chi connectivity index (χ3v) is 5.80. The van der Waals surface area contributed by atoms with Crippen LogP contribution in [0.15, 0.2) is 41.6 Å². The molecule has 3 rings (SSSR count). The molecule has 2 aromatic rings. The number of hydrogen-bond acceptors (Lipinski definition) is 6. The van der Waals surface area contributed by atoms with E-state index in [0.717, 1.165) is 31.8 Å². The van der Waals surface area contributed by atoms with Crippen molar-refractivity contribution in [2.75, 3.05) is 29.3 Å². The topological polar surface area (TPSA) is 84.4 Å². The molecule has 1 N–H and O–H groups in total. The normalized spacial score (nSPS) is 15.7. The molecule has 7 nitrogen and oxygen atoms in total. The second-order valence-electron chi connectivity index (χ2n) is 6.45. The summed E-state index contributed by atoms with van der Waals surface area (Å²) in [7, 11) is -3.69. The van der Waals surface area contributed by atoms with Gasteiger partial charge in [0.15, 0.2) is 0 Å². The summed E-state index contributed by atoms with van der Waals surface area (Å²) in [5.74, 6) is 2.00. The highest BCUT2D eigenvalue weighted by atomic mass is 32.2. The first kappa shape index (κ1) is 18.4. The summed E-state index contributed by atoms with van der Waals surface area (Å²) in [5, 5.41) is 0. The van der Waals surface area contributed by atoms with Gasteiger partial charge in [0.2, 0.25) is 5.95 Å². The van der Waals surface area contributed by atoms with Gasteiger partial charge in [0.05, 0.1) is 29.6 Å². The number of aromatic nitrogens is 2. The zero-order valence-electron chi connectivity index (χ0n) is 15.1. The molecule has 1 aromatic heterocycles. The van der Waals surface area contributed by atoms with Crippen molar-refractivity contribution < 1.29 is 13.2 Å². The standard InChI is InChI=1S/C18H24N4O3S/c1-3-25-16-4-6-17(7-5-16)26(23,24)21-15-12-19-18(20-13-15)22-10-8-14(2)9-11-22/h4-7,12-14,21H,3,8-11H2,1-2H3. The largest absolute Gasteiger partial charge is 0.494 e. The van der Waals surface area contributed by atoms with Gasteiger partial charge in [0.25, 0.3) is 10.0 Å². The minimum Gasteiger partial charge on any atom is -0.494 e. The van der Waals surface area contributed by atoms with E-state index in [-0.39, 0.29) is 4.90 Å². The molecule has 0 amide bonds. The minimum absolute atomic E-state index is 0.162. The average molecular weight is 376 g/mol. The number of benzene rings is 1. The number of nitrogens with zero attached hydrogens (tertiary/aromatic N) is 3. The molecular weight excluding hydrogens is 352 g/mol. The number of ether oxygens (including phenoxy) is 1. The molecule has 1 aromatic carbocycles. The summed E-state index contributed by atoms with van der Waals surface area (Å²) < 4.78 is 32.8. The maximum Gasteiger partial charge on any atom is 0.261 e. The Labute approximate surface area is 154 Å². The average Bonchev–Trinajstić information content (AvgIpc) is 2.64. The Kier molecular flexibility index (Phi) is 5.61. The predicted octanol–water partition coefficient (Wildman–Crippen LogP) is 2.91. The lowest BCUT2D eigenvalue weighted by molar-refractivity contribution is 0.340. The molecule has 1 fully saturated rings. The minimum atomic E-state index is -3.69. The highest BCUT2D eigenvalue weighted by Gasteiger charge is 2.19. The van der Waals surface area contributed by atoms with E-state index in [1.54, 1.807) is 12.1 Å². The number of rotatable bonds is 6. The number of nitrogens with one attached hydrogen (secondary N) is 1. The van der Waals surface area contributed by atoms with E-state index < -0.39 is 10.0 Å². The first-order valence-electron chi connectivity index (χ1n) is 8.80. The van der Waals surface area contributed by atoms with Gasteiger partial charge in [-0.25, -0.2) is 18.4 Å². The van der Waals surface area contributed by atoms with Crippen molar-refractivity contribution in [2.45, 2.75) is 31.6 Å². The first-order chi connectivity index (χ1) is 12.5. The number of piperidine rings is 1. The number of sulfonamides is 1. The Morgan fingerprint density at radius 2 is 1.77 bits per heavy atom. The zero-order valence-corrected chi connectivity index (χ0v) is 15.9. The first-order valence-corrected chi connectivity index (χ1v) is 10.3. The van der Waals surface area contributed by atoms with Gasteiger partial charge in [0, 0.05) is 13.1 Å². The maximum absolute atomic E-state index is 12.5. The lowest BCUT2D eigenvalue weighted by atomic mass is 10.00. The Bertz CT molecular complexity index is 815. The molecule has 1 aliphatic heterocycles. The fourth-order valence-corrected chi connectivity index (χ4v) is 3.87. The highest BCUT2D eigenvalue weighted by molar-refractivity contribution is 7.92. The summed E-state index contributed by atoms with van der Waals surface area (Å²) in [6.07, 6.45) is 5.25. The molecular formula is C18H24N4O3S. The smallest absolute Gasteiger partial charge is 0.261 e. The molecule has 0 saturated carbocycles. The third-order valence-electron chi connectivity index (χ3n) is 4.40. The van der Waals surface area contributed by atoms with Crippen LogP contribution in [0.3, 0.4) is 0 Å². The van der Waals surface area contributed by atoms with Gasteiger partial charge in [-0.2, -0.15) is 0 Å². The van der Waals surface area contributed by atoms with Crippen molar-refractivity contribution in [3.63, 3.8) is 0 Å². The predicted molar refractivity (Wildman–Crippen MR) is 101 cm³/mol. The molecule has 140 valence electrons. The molecule has 0 radical (unpaired) electrons. The van der Waals surface area contributed by atoms with Crippen LogP contribution in [-0.2, 0) is 10.0 Å². The second kappa shape index (κ2) is 7.90. The van der Waals surface area contributed by atoms with Crippen molar-refractivity contribution in [1.82, 2.24) is 9.97 Å². The number of hydrogen-bond donors (Lipinski definition) is 1. The van der Waals surface area contributed by atoms with E-state index >= 15 is 0 Å². The van der Waals surface area contributed by atoms with Gasteiger partial charge in [-0.05, 0) is 49.9 Å². The van der Waals surface area contributed by atoms with Crippen LogP contribution in [0.5, 0.6) is 5.75 Å². The fraction of sp³-hybridized carbons (Fsp3) is 0.444. The highest BCUT2D eigenvalue weighted by Crippen LogP contribution is 2.22. The summed E-state index contributed by atoms with van der Waals surface area (Å²) in [6.45, 7) is 6.51. The van der Waals surface area contributed by atoms with Crippen molar-refractivity contribution in [1.29, 1.82) is 0 Å². The molecule has 1 saturated heterocycles. The van der Waals surface area contributed by atoms with Crippen LogP contribution in [0.2, 0.25) is 0 Å². The van der Waals surface area contributed by atoms with Gasteiger partial charge in [0.1, 0.15) is 5.75 Å². The molecule has 0 atom stereocenters.